The highest BCUT2D eigenvalue weighted by molar-refractivity contribution is 7.90. The highest BCUT2D eigenvalue weighted by Gasteiger charge is 2.23. The molecular weight excluding hydrogens is 439 g/mol. The fraction of sp³-hybridized carbons (Fsp3) is 0.192. The molecule has 170 valence electrons. The lowest BCUT2D eigenvalue weighted by Gasteiger charge is -2.08. The van der Waals surface area contributed by atoms with Gasteiger partial charge in [-0.3, -0.25) is 4.79 Å². The zero-order valence-corrected chi connectivity index (χ0v) is 19.5. The normalized spacial score (nSPS) is 11.6. The third-order valence-corrected chi connectivity index (χ3v) is 7.39. The molecule has 1 aromatic heterocycles. The Bertz CT molecular complexity index is 1470. The van der Waals surface area contributed by atoms with E-state index in [1.807, 2.05) is 32.0 Å². The van der Waals surface area contributed by atoms with Gasteiger partial charge < -0.3 is 9.88 Å². The van der Waals surface area contributed by atoms with Gasteiger partial charge >= 0.3 is 0 Å². The first-order valence-electron chi connectivity index (χ1n) is 10.6. The van der Waals surface area contributed by atoms with Crippen molar-refractivity contribution in [1.82, 2.24) is 4.57 Å². The number of aromatic nitrogens is 1. The van der Waals surface area contributed by atoms with Crippen LogP contribution in [0, 0.1) is 26.6 Å². The summed E-state index contributed by atoms with van der Waals surface area (Å²) in [6.07, 6.45) is 1.51. The minimum atomic E-state index is -3.67. The van der Waals surface area contributed by atoms with E-state index < -0.39 is 15.7 Å². The van der Waals surface area contributed by atoms with Gasteiger partial charge in [0.25, 0.3) is 0 Å². The maximum Gasteiger partial charge on any atom is 0.244 e. The van der Waals surface area contributed by atoms with Crippen LogP contribution in [0.3, 0.4) is 0 Å². The van der Waals surface area contributed by atoms with Crippen LogP contribution in [0.15, 0.2) is 71.8 Å². The summed E-state index contributed by atoms with van der Waals surface area (Å²) in [6, 6.07) is 17.4. The molecule has 1 N–H and O–H groups in total. The van der Waals surface area contributed by atoms with Gasteiger partial charge in [0.05, 0.1) is 10.6 Å². The molecule has 3 aromatic carbocycles. The molecular formula is C26H25FN2O3S. The average Bonchev–Trinajstić information content (AvgIpc) is 3.13. The first kappa shape index (κ1) is 22.7. The van der Waals surface area contributed by atoms with Crippen LogP contribution in [0.1, 0.15) is 22.3 Å². The molecule has 0 atom stereocenters. The largest absolute Gasteiger partial charge is 0.337 e. The first-order chi connectivity index (χ1) is 15.6. The summed E-state index contributed by atoms with van der Waals surface area (Å²) in [5, 5.41) is 3.24. The quantitative estimate of drug-likeness (QED) is 0.420. The van der Waals surface area contributed by atoms with Crippen LogP contribution >= 0.6 is 0 Å². The number of amides is 1. The van der Waals surface area contributed by atoms with Gasteiger partial charge in [-0.05, 0) is 55.7 Å². The summed E-state index contributed by atoms with van der Waals surface area (Å²) in [4.78, 5) is 12.8. The first-order valence-corrected chi connectivity index (χ1v) is 12.2. The van der Waals surface area contributed by atoms with Crippen molar-refractivity contribution in [3.8, 4) is 0 Å². The maximum atomic E-state index is 13.8. The molecule has 0 spiro atoms. The van der Waals surface area contributed by atoms with E-state index in [2.05, 4.69) is 5.32 Å². The second-order valence-corrected chi connectivity index (χ2v) is 10.3. The molecule has 7 heteroatoms. The SMILES string of the molecule is Cc1ccc(C)c(CS(=O)(=O)c2cn(CC(=O)Nc3ccc(C)c(F)c3)c3ccccc23)c1. The number of sulfone groups is 1. The number of carbonyl (C=O) groups excluding carboxylic acids is 1. The Balaban J connectivity index is 1.65. The number of hydrogen-bond acceptors (Lipinski definition) is 3. The maximum absolute atomic E-state index is 13.8. The molecule has 0 aliphatic carbocycles. The van der Waals surface area contributed by atoms with Crippen molar-refractivity contribution in [2.45, 2.75) is 38.0 Å². The summed E-state index contributed by atoms with van der Waals surface area (Å²) in [5.74, 6) is -0.903. The van der Waals surface area contributed by atoms with Crippen LogP contribution in [-0.4, -0.2) is 18.9 Å². The van der Waals surface area contributed by atoms with Crippen molar-refractivity contribution in [2.75, 3.05) is 5.32 Å². The van der Waals surface area contributed by atoms with Gasteiger partial charge in [-0.15, -0.1) is 0 Å². The van der Waals surface area contributed by atoms with E-state index >= 15 is 0 Å². The molecule has 0 bridgehead atoms. The van der Waals surface area contributed by atoms with Crippen LogP contribution in [0.25, 0.3) is 10.9 Å². The number of halogens is 1. The summed E-state index contributed by atoms with van der Waals surface area (Å²) in [5.41, 5.74) is 4.15. The van der Waals surface area contributed by atoms with Crippen molar-refractivity contribution in [2.24, 2.45) is 0 Å². The Morgan fingerprint density at radius 2 is 1.70 bits per heavy atom. The minimum Gasteiger partial charge on any atom is -0.337 e. The highest BCUT2D eigenvalue weighted by Crippen LogP contribution is 2.29. The Labute approximate surface area is 192 Å². The van der Waals surface area contributed by atoms with Crippen LogP contribution in [-0.2, 0) is 26.9 Å². The Morgan fingerprint density at radius 3 is 2.45 bits per heavy atom. The predicted octanol–water partition coefficient (Wildman–Crippen LogP) is 5.32. The molecule has 0 unspecified atom stereocenters. The zero-order valence-electron chi connectivity index (χ0n) is 18.7. The smallest absolute Gasteiger partial charge is 0.244 e. The third kappa shape index (κ3) is 4.83. The van der Waals surface area contributed by atoms with Gasteiger partial charge in [0.2, 0.25) is 5.91 Å². The Morgan fingerprint density at radius 1 is 0.970 bits per heavy atom. The Hall–Kier alpha value is -3.45. The number of para-hydroxylation sites is 1. The van der Waals surface area contributed by atoms with E-state index in [4.69, 9.17) is 0 Å². The van der Waals surface area contributed by atoms with E-state index in [1.54, 1.807) is 47.9 Å². The number of aryl methyl sites for hydroxylation is 3. The molecule has 4 aromatic rings. The number of anilines is 1. The van der Waals surface area contributed by atoms with Crippen LogP contribution < -0.4 is 5.32 Å². The van der Waals surface area contributed by atoms with Gasteiger partial charge in [0.1, 0.15) is 12.4 Å². The number of nitrogens with one attached hydrogen (secondary N) is 1. The minimum absolute atomic E-state index is 0.102. The molecule has 0 saturated carbocycles. The summed E-state index contributed by atoms with van der Waals surface area (Å²) >= 11 is 0. The molecule has 33 heavy (non-hydrogen) atoms. The number of fused-ring (bicyclic) bond motifs is 1. The average molecular weight is 465 g/mol. The molecule has 0 radical (unpaired) electrons. The van der Waals surface area contributed by atoms with E-state index in [0.29, 0.717) is 22.2 Å². The van der Waals surface area contributed by atoms with E-state index in [9.17, 15) is 17.6 Å². The van der Waals surface area contributed by atoms with E-state index in [-0.39, 0.29) is 23.1 Å². The van der Waals surface area contributed by atoms with Gasteiger partial charge in [-0.2, -0.15) is 0 Å². The fourth-order valence-electron chi connectivity index (χ4n) is 3.86. The van der Waals surface area contributed by atoms with Gasteiger partial charge in [0, 0.05) is 22.8 Å². The molecule has 1 heterocycles. The number of carbonyl (C=O) groups is 1. The lowest BCUT2D eigenvalue weighted by Crippen LogP contribution is -2.18. The van der Waals surface area contributed by atoms with Crippen molar-refractivity contribution >= 4 is 32.3 Å². The number of benzene rings is 3. The van der Waals surface area contributed by atoms with Crippen molar-refractivity contribution in [1.29, 1.82) is 0 Å². The molecule has 0 fully saturated rings. The Kier molecular flexibility index (Phi) is 6.08. The second-order valence-electron chi connectivity index (χ2n) is 8.34. The van der Waals surface area contributed by atoms with Gasteiger partial charge in [0.15, 0.2) is 9.84 Å². The highest BCUT2D eigenvalue weighted by atomic mass is 32.2. The monoisotopic (exact) mass is 464 g/mol. The third-order valence-electron chi connectivity index (χ3n) is 5.71. The van der Waals surface area contributed by atoms with Crippen molar-refractivity contribution < 1.29 is 17.6 Å². The van der Waals surface area contributed by atoms with Gasteiger partial charge in [-0.1, -0.05) is 48.0 Å². The van der Waals surface area contributed by atoms with Crippen molar-refractivity contribution in [3.05, 3.63) is 94.9 Å². The van der Waals surface area contributed by atoms with Crippen molar-refractivity contribution in [3.63, 3.8) is 0 Å². The molecule has 1 amide bonds. The molecule has 0 saturated heterocycles. The standard InChI is InChI=1S/C26H25FN2O3S/c1-17-8-9-18(2)20(12-17)16-33(31,32)25-14-29(24-7-5-4-6-22(24)25)15-26(30)28-21-11-10-19(3)23(27)13-21/h4-14H,15-16H2,1-3H3,(H,28,30). The summed E-state index contributed by atoms with van der Waals surface area (Å²) in [6.45, 7) is 5.37. The van der Waals surface area contributed by atoms with Crippen LogP contribution in [0.5, 0.6) is 0 Å². The summed E-state index contributed by atoms with van der Waals surface area (Å²) in [7, 11) is -3.67. The zero-order chi connectivity index (χ0) is 23.8. The number of nitrogens with zero attached hydrogens (tertiary/aromatic N) is 1. The predicted molar refractivity (Wildman–Crippen MR) is 129 cm³/mol. The van der Waals surface area contributed by atoms with Crippen LogP contribution in [0.4, 0.5) is 10.1 Å². The van der Waals surface area contributed by atoms with E-state index in [1.165, 1.54) is 12.3 Å². The molecule has 5 nitrogen and oxygen atoms in total. The molecule has 0 aliphatic rings. The fourth-order valence-corrected chi connectivity index (χ4v) is 5.53. The van der Waals surface area contributed by atoms with Gasteiger partial charge in [-0.25, -0.2) is 12.8 Å². The topological polar surface area (TPSA) is 68.2 Å². The molecule has 0 aliphatic heterocycles. The number of hydrogen-bond donors (Lipinski definition) is 1. The van der Waals surface area contributed by atoms with Crippen LogP contribution in [0.2, 0.25) is 0 Å². The molecule has 4 rings (SSSR count). The second kappa shape index (κ2) is 8.83. The lowest BCUT2D eigenvalue weighted by atomic mass is 10.1. The van der Waals surface area contributed by atoms with E-state index in [0.717, 1.165) is 16.7 Å². The number of rotatable bonds is 6. The summed E-state index contributed by atoms with van der Waals surface area (Å²) < 4.78 is 42.2. The lowest BCUT2D eigenvalue weighted by molar-refractivity contribution is -0.116.